The molecule has 1 saturated carbocycles. The Labute approximate surface area is 174 Å². The van der Waals surface area contributed by atoms with Crippen LogP contribution in [-0.4, -0.2) is 39.3 Å². The molecule has 0 atom stereocenters. The maximum atomic E-state index is 12.7. The van der Waals surface area contributed by atoms with Crippen molar-refractivity contribution in [3.63, 3.8) is 0 Å². The van der Waals surface area contributed by atoms with E-state index in [-0.39, 0.29) is 35.8 Å². The van der Waals surface area contributed by atoms with Gasteiger partial charge < -0.3 is 15.6 Å². The number of carbonyl (C=O) groups excluding carboxylic acids is 1. The highest BCUT2D eigenvalue weighted by Crippen LogP contribution is 2.30. The number of carbonyl (C=O) groups is 1. The van der Waals surface area contributed by atoms with Crippen LogP contribution in [0.25, 0.3) is 11.4 Å². The fourth-order valence-electron chi connectivity index (χ4n) is 3.11. The van der Waals surface area contributed by atoms with Gasteiger partial charge >= 0.3 is 0 Å². The van der Waals surface area contributed by atoms with E-state index in [1.807, 2.05) is 0 Å². The standard InChI is InChI=1S/C21H25N5O4/c1-21(2,28)12-29-26-19(27)16-17(23)24-18(14-7-5-6-13(10-14)11-22)25-20(16)30-15-8-3-4-9-15/h5-7,10,15,28H,3-4,8-9,12H2,1-2H3,(H,26,27)(H2,23,24,25). The van der Waals surface area contributed by atoms with Crippen molar-refractivity contribution in [2.75, 3.05) is 12.3 Å². The number of benzene rings is 1. The number of ether oxygens (including phenoxy) is 1. The molecule has 0 aliphatic heterocycles. The molecule has 1 fully saturated rings. The molecule has 3 rings (SSSR count). The second-order valence-electron chi connectivity index (χ2n) is 7.86. The van der Waals surface area contributed by atoms with Gasteiger partial charge in [-0.3, -0.25) is 9.63 Å². The zero-order valence-electron chi connectivity index (χ0n) is 17.0. The summed E-state index contributed by atoms with van der Waals surface area (Å²) >= 11 is 0. The molecule has 9 heteroatoms. The second-order valence-corrected chi connectivity index (χ2v) is 7.86. The minimum absolute atomic E-state index is 0.0298. The molecule has 1 aromatic carbocycles. The fourth-order valence-corrected chi connectivity index (χ4v) is 3.11. The van der Waals surface area contributed by atoms with E-state index in [4.69, 9.17) is 20.6 Å². The molecule has 1 heterocycles. The highest BCUT2D eigenvalue weighted by Gasteiger charge is 2.26. The Balaban J connectivity index is 1.94. The van der Waals surface area contributed by atoms with Crippen LogP contribution in [0.5, 0.6) is 5.88 Å². The number of hydroxylamine groups is 1. The average molecular weight is 411 g/mol. The molecule has 9 nitrogen and oxygen atoms in total. The maximum Gasteiger partial charge on any atom is 0.284 e. The van der Waals surface area contributed by atoms with E-state index in [9.17, 15) is 9.90 Å². The molecule has 1 amide bonds. The molecule has 4 N–H and O–H groups in total. The number of amides is 1. The van der Waals surface area contributed by atoms with Gasteiger partial charge in [-0.25, -0.2) is 10.5 Å². The predicted octanol–water partition coefficient (Wildman–Crippen LogP) is 2.35. The largest absolute Gasteiger partial charge is 0.474 e. The summed E-state index contributed by atoms with van der Waals surface area (Å²) in [5.41, 5.74) is 8.25. The zero-order chi connectivity index (χ0) is 21.7. The summed E-state index contributed by atoms with van der Waals surface area (Å²) in [7, 11) is 0. The molecule has 1 aliphatic carbocycles. The number of nitrogens with zero attached hydrogens (tertiary/aromatic N) is 3. The quantitative estimate of drug-likeness (QED) is 0.589. The lowest BCUT2D eigenvalue weighted by Crippen LogP contribution is -2.34. The summed E-state index contributed by atoms with van der Waals surface area (Å²) in [6.07, 6.45) is 3.73. The smallest absolute Gasteiger partial charge is 0.284 e. The monoisotopic (exact) mass is 411 g/mol. The number of nitrogens with one attached hydrogen (secondary N) is 1. The lowest BCUT2D eigenvalue weighted by atomic mass is 10.1. The predicted molar refractivity (Wildman–Crippen MR) is 109 cm³/mol. The Kier molecular flexibility index (Phi) is 6.50. The topological polar surface area (TPSA) is 143 Å². The van der Waals surface area contributed by atoms with E-state index in [0.29, 0.717) is 11.1 Å². The Morgan fingerprint density at radius 2 is 2.10 bits per heavy atom. The van der Waals surface area contributed by atoms with Crippen molar-refractivity contribution in [3.05, 3.63) is 35.4 Å². The number of nitriles is 1. The molecule has 1 aliphatic rings. The average Bonchev–Trinajstić information content (AvgIpc) is 3.19. The number of nitrogen functional groups attached to an aromatic ring is 1. The maximum absolute atomic E-state index is 12.7. The van der Waals surface area contributed by atoms with Crippen LogP contribution in [-0.2, 0) is 4.84 Å². The van der Waals surface area contributed by atoms with E-state index < -0.39 is 11.5 Å². The molecule has 0 radical (unpaired) electrons. The van der Waals surface area contributed by atoms with Crippen LogP contribution in [0.2, 0.25) is 0 Å². The minimum atomic E-state index is -1.12. The number of hydrogen-bond acceptors (Lipinski definition) is 8. The number of aliphatic hydroxyl groups is 1. The van der Waals surface area contributed by atoms with Crippen LogP contribution < -0.4 is 16.0 Å². The van der Waals surface area contributed by atoms with Crippen LogP contribution in [0.4, 0.5) is 5.82 Å². The molecular formula is C21H25N5O4. The summed E-state index contributed by atoms with van der Waals surface area (Å²) in [4.78, 5) is 26.5. The van der Waals surface area contributed by atoms with Gasteiger partial charge in [0.1, 0.15) is 24.1 Å². The van der Waals surface area contributed by atoms with Crippen molar-refractivity contribution in [2.45, 2.75) is 51.2 Å². The Hall–Kier alpha value is -3.22. The number of rotatable bonds is 7. The Morgan fingerprint density at radius 3 is 2.77 bits per heavy atom. The summed E-state index contributed by atoms with van der Waals surface area (Å²) < 4.78 is 6.01. The molecular weight excluding hydrogens is 386 g/mol. The summed E-state index contributed by atoms with van der Waals surface area (Å²) in [6.45, 7) is 2.99. The van der Waals surface area contributed by atoms with Gasteiger partial charge in [0, 0.05) is 5.56 Å². The van der Waals surface area contributed by atoms with Gasteiger partial charge in [0.15, 0.2) is 5.82 Å². The lowest BCUT2D eigenvalue weighted by molar-refractivity contribution is -0.0523. The van der Waals surface area contributed by atoms with Crippen molar-refractivity contribution in [1.82, 2.24) is 15.4 Å². The van der Waals surface area contributed by atoms with E-state index in [1.54, 1.807) is 38.1 Å². The van der Waals surface area contributed by atoms with Crippen molar-refractivity contribution in [2.24, 2.45) is 0 Å². The van der Waals surface area contributed by atoms with Crippen molar-refractivity contribution >= 4 is 11.7 Å². The molecule has 1 aromatic heterocycles. The van der Waals surface area contributed by atoms with E-state index in [2.05, 4.69) is 21.5 Å². The summed E-state index contributed by atoms with van der Waals surface area (Å²) in [5.74, 6) is -0.413. The van der Waals surface area contributed by atoms with Gasteiger partial charge in [0.2, 0.25) is 5.88 Å². The van der Waals surface area contributed by atoms with Gasteiger partial charge in [0.05, 0.1) is 17.2 Å². The highest BCUT2D eigenvalue weighted by atomic mass is 16.7. The highest BCUT2D eigenvalue weighted by molar-refractivity contribution is 6.00. The van der Waals surface area contributed by atoms with Crippen LogP contribution in [0.3, 0.4) is 0 Å². The first-order valence-electron chi connectivity index (χ1n) is 9.76. The molecule has 158 valence electrons. The zero-order valence-corrected chi connectivity index (χ0v) is 17.0. The molecule has 2 aromatic rings. The normalized spacial score (nSPS) is 14.3. The number of nitrogens with two attached hydrogens (primary N) is 1. The van der Waals surface area contributed by atoms with Crippen molar-refractivity contribution in [3.8, 4) is 23.3 Å². The second kappa shape index (κ2) is 9.07. The number of hydrogen-bond donors (Lipinski definition) is 3. The third-order valence-electron chi connectivity index (χ3n) is 4.55. The first-order valence-corrected chi connectivity index (χ1v) is 9.76. The molecule has 0 unspecified atom stereocenters. The van der Waals surface area contributed by atoms with Crippen molar-refractivity contribution < 1.29 is 19.5 Å². The number of anilines is 1. The summed E-state index contributed by atoms with van der Waals surface area (Å²) in [6, 6.07) is 8.85. The fraction of sp³-hybridized carbons (Fsp3) is 0.429. The van der Waals surface area contributed by atoms with Crippen LogP contribution in [0, 0.1) is 11.3 Å². The van der Waals surface area contributed by atoms with Crippen LogP contribution in [0.1, 0.15) is 55.5 Å². The molecule has 0 bridgehead atoms. The van der Waals surface area contributed by atoms with E-state index in [1.165, 1.54) is 0 Å². The first-order chi connectivity index (χ1) is 14.3. The van der Waals surface area contributed by atoms with Crippen molar-refractivity contribution in [1.29, 1.82) is 5.26 Å². The third kappa shape index (κ3) is 5.43. The molecule has 0 saturated heterocycles. The van der Waals surface area contributed by atoms with E-state index >= 15 is 0 Å². The molecule has 30 heavy (non-hydrogen) atoms. The van der Waals surface area contributed by atoms with E-state index in [0.717, 1.165) is 25.7 Å². The van der Waals surface area contributed by atoms with Gasteiger partial charge in [-0.2, -0.15) is 10.2 Å². The minimum Gasteiger partial charge on any atom is -0.474 e. The molecule has 0 spiro atoms. The van der Waals surface area contributed by atoms with Crippen LogP contribution >= 0.6 is 0 Å². The number of aromatic nitrogens is 2. The van der Waals surface area contributed by atoms with Gasteiger partial charge in [-0.1, -0.05) is 12.1 Å². The van der Waals surface area contributed by atoms with Gasteiger partial charge in [-0.15, -0.1) is 0 Å². The SMILES string of the molecule is CC(C)(O)CONC(=O)c1c(N)nc(-c2cccc(C#N)c2)nc1OC1CCCC1. The summed E-state index contributed by atoms with van der Waals surface area (Å²) in [5, 5.41) is 18.9. The van der Waals surface area contributed by atoms with Gasteiger partial charge in [-0.05, 0) is 51.7 Å². The first kappa shape index (κ1) is 21.5. The third-order valence-corrected chi connectivity index (χ3v) is 4.55. The Bertz CT molecular complexity index is 959. The van der Waals surface area contributed by atoms with Gasteiger partial charge in [0.25, 0.3) is 5.91 Å². The lowest BCUT2D eigenvalue weighted by Gasteiger charge is -2.19. The van der Waals surface area contributed by atoms with Crippen LogP contribution in [0.15, 0.2) is 24.3 Å². The Morgan fingerprint density at radius 1 is 1.37 bits per heavy atom.